The smallest absolute Gasteiger partial charge is 0.264 e. The Morgan fingerprint density at radius 2 is 1.43 bits per heavy atom. The minimum absolute atomic E-state index is 0.0534. The van der Waals surface area contributed by atoms with Crippen molar-refractivity contribution in [3.8, 4) is 11.5 Å². The molecule has 10 nitrogen and oxygen atoms in total. The maximum absolute atomic E-state index is 13.7. The number of carbonyl (C=O) groups is 1. The zero-order valence-electron chi connectivity index (χ0n) is 22.2. The summed E-state index contributed by atoms with van der Waals surface area (Å²) in [6.07, 6.45) is 0. The summed E-state index contributed by atoms with van der Waals surface area (Å²) >= 11 is 12.1. The number of para-hydroxylation sites is 1. The molecule has 0 heterocycles. The van der Waals surface area contributed by atoms with Gasteiger partial charge in [-0.25, -0.2) is 16.8 Å². The second-order valence-electron chi connectivity index (χ2n) is 8.64. The number of nitrogens with one attached hydrogen (secondary N) is 2. The van der Waals surface area contributed by atoms with Crippen LogP contribution < -0.4 is 23.8 Å². The fourth-order valence-electron chi connectivity index (χ4n) is 3.85. The van der Waals surface area contributed by atoms with Crippen molar-refractivity contribution in [1.29, 1.82) is 0 Å². The predicted octanol–water partition coefficient (Wildman–Crippen LogP) is 5.65. The average molecular weight is 651 g/mol. The lowest BCUT2D eigenvalue weighted by Gasteiger charge is -2.24. The van der Waals surface area contributed by atoms with Crippen LogP contribution in [0.4, 0.5) is 17.1 Å². The van der Waals surface area contributed by atoms with Crippen molar-refractivity contribution >= 4 is 66.2 Å². The van der Waals surface area contributed by atoms with Crippen molar-refractivity contribution in [3.63, 3.8) is 0 Å². The molecule has 2 N–H and O–H groups in total. The minimum Gasteiger partial charge on any atom is -0.493 e. The summed E-state index contributed by atoms with van der Waals surface area (Å²) in [7, 11) is -5.44. The number of hydrogen-bond donors (Lipinski definition) is 2. The third-order valence-electron chi connectivity index (χ3n) is 5.92. The third kappa shape index (κ3) is 6.90. The number of benzene rings is 4. The Labute approximate surface area is 253 Å². The molecule has 42 heavy (non-hydrogen) atoms. The van der Waals surface area contributed by atoms with E-state index in [4.69, 9.17) is 32.7 Å². The molecule has 0 spiro atoms. The number of sulfonamides is 2. The van der Waals surface area contributed by atoms with E-state index in [-0.39, 0.29) is 42.6 Å². The standard InChI is InChI=1S/C28H25Cl2N3O7S2/c1-39-25-16-15-22(17-26(25)40-2)42(37,38)33(20-7-4-3-5-8-20)18-27(34)31-19-11-13-21(14-12-19)41(35,36)32-24-10-6-9-23(29)28(24)30/h3-17,32H,18H2,1-2H3,(H,31,34). The first-order chi connectivity index (χ1) is 20.0. The first-order valence-corrected chi connectivity index (χ1v) is 15.8. The Bertz CT molecular complexity index is 1800. The van der Waals surface area contributed by atoms with E-state index in [9.17, 15) is 21.6 Å². The molecule has 14 heteroatoms. The fraction of sp³-hybridized carbons (Fsp3) is 0.107. The van der Waals surface area contributed by atoms with Crippen LogP contribution in [0, 0.1) is 0 Å². The number of anilines is 3. The number of ether oxygens (including phenoxy) is 2. The van der Waals surface area contributed by atoms with Crippen molar-refractivity contribution in [2.24, 2.45) is 0 Å². The molecule has 0 unspecified atom stereocenters. The largest absolute Gasteiger partial charge is 0.493 e. The van der Waals surface area contributed by atoms with Crippen molar-refractivity contribution in [2.45, 2.75) is 9.79 Å². The van der Waals surface area contributed by atoms with Gasteiger partial charge in [0.05, 0.1) is 45.4 Å². The monoisotopic (exact) mass is 649 g/mol. The Hall–Kier alpha value is -3.97. The number of rotatable bonds is 11. The molecule has 0 bridgehead atoms. The lowest BCUT2D eigenvalue weighted by atomic mass is 10.3. The van der Waals surface area contributed by atoms with Crippen LogP contribution in [-0.4, -0.2) is 43.5 Å². The molecule has 0 aromatic heterocycles. The maximum atomic E-state index is 13.7. The minimum atomic E-state index is -4.23. The van der Waals surface area contributed by atoms with E-state index in [1.54, 1.807) is 36.4 Å². The van der Waals surface area contributed by atoms with Gasteiger partial charge in [-0.15, -0.1) is 0 Å². The molecular formula is C28H25Cl2N3O7S2. The lowest BCUT2D eigenvalue weighted by molar-refractivity contribution is -0.114. The summed E-state index contributed by atoms with van der Waals surface area (Å²) in [5.74, 6) is -0.114. The topological polar surface area (TPSA) is 131 Å². The van der Waals surface area contributed by atoms with Gasteiger partial charge < -0.3 is 14.8 Å². The highest BCUT2D eigenvalue weighted by Gasteiger charge is 2.28. The normalized spacial score (nSPS) is 11.4. The molecule has 4 aromatic carbocycles. The molecule has 0 aliphatic heterocycles. The molecule has 4 rings (SSSR count). The van der Waals surface area contributed by atoms with Crippen molar-refractivity contribution in [3.05, 3.63) is 101 Å². The molecule has 0 radical (unpaired) electrons. The van der Waals surface area contributed by atoms with E-state index in [1.165, 1.54) is 68.8 Å². The highest BCUT2D eigenvalue weighted by Crippen LogP contribution is 2.33. The van der Waals surface area contributed by atoms with Gasteiger partial charge in [0.15, 0.2) is 11.5 Å². The molecule has 1 amide bonds. The Morgan fingerprint density at radius 3 is 2.07 bits per heavy atom. The number of nitrogens with zero attached hydrogens (tertiary/aromatic N) is 1. The molecule has 220 valence electrons. The quantitative estimate of drug-likeness (QED) is 0.215. The van der Waals surface area contributed by atoms with E-state index in [0.717, 1.165) is 4.31 Å². The number of halogens is 2. The molecule has 0 saturated carbocycles. The molecule has 0 fully saturated rings. The van der Waals surface area contributed by atoms with Crippen LogP contribution in [0.1, 0.15) is 0 Å². The second kappa shape index (κ2) is 12.9. The molecule has 0 aliphatic rings. The van der Waals surface area contributed by atoms with E-state index < -0.39 is 32.5 Å². The SMILES string of the molecule is COc1ccc(S(=O)(=O)N(CC(=O)Nc2ccc(S(=O)(=O)Nc3cccc(Cl)c3Cl)cc2)c2ccccc2)cc1OC. The van der Waals surface area contributed by atoms with E-state index >= 15 is 0 Å². The number of methoxy groups -OCH3 is 2. The average Bonchev–Trinajstić information content (AvgIpc) is 2.98. The van der Waals surface area contributed by atoms with Crippen LogP contribution in [0.15, 0.2) is 101 Å². The van der Waals surface area contributed by atoms with Crippen molar-refractivity contribution < 1.29 is 31.1 Å². The van der Waals surface area contributed by atoms with Gasteiger partial charge in [0, 0.05) is 11.8 Å². The second-order valence-corrected chi connectivity index (χ2v) is 13.0. The summed E-state index contributed by atoms with van der Waals surface area (Å²) < 4.78 is 66.9. The number of hydrogen-bond acceptors (Lipinski definition) is 7. The zero-order valence-corrected chi connectivity index (χ0v) is 25.4. The van der Waals surface area contributed by atoms with Crippen molar-refractivity contribution in [1.82, 2.24) is 0 Å². The molecule has 0 atom stereocenters. The van der Waals surface area contributed by atoms with Crippen LogP contribution in [0.2, 0.25) is 10.0 Å². The first kappa shape index (κ1) is 31.0. The molecule has 0 aliphatic carbocycles. The lowest BCUT2D eigenvalue weighted by Crippen LogP contribution is -2.38. The summed E-state index contributed by atoms with van der Waals surface area (Å²) in [5, 5.41) is 2.85. The fourth-order valence-corrected chi connectivity index (χ4v) is 6.76. The molecule has 0 saturated heterocycles. The van der Waals surface area contributed by atoms with Crippen LogP contribution in [-0.2, 0) is 24.8 Å². The van der Waals surface area contributed by atoms with E-state index in [2.05, 4.69) is 10.0 Å². The maximum Gasteiger partial charge on any atom is 0.264 e. The Kier molecular flexibility index (Phi) is 9.52. The van der Waals surface area contributed by atoms with Crippen LogP contribution in [0.25, 0.3) is 0 Å². The summed E-state index contributed by atoms with van der Waals surface area (Å²) in [6.45, 7) is -0.574. The highest BCUT2D eigenvalue weighted by atomic mass is 35.5. The van der Waals surface area contributed by atoms with Gasteiger partial charge in [-0.2, -0.15) is 0 Å². The zero-order chi connectivity index (χ0) is 30.5. The van der Waals surface area contributed by atoms with Gasteiger partial charge in [-0.1, -0.05) is 47.5 Å². The van der Waals surface area contributed by atoms with E-state index in [0.29, 0.717) is 5.75 Å². The summed E-state index contributed by atoms with van der Waals surface area (Å²) in [5.41, 5.74) is 0.615. The van der Waals surface area contributed by atoms with Crippen molar-refractivity contribution in [2.75, 3.05) is 35.1 Å². The summed E-state index contributed by atoms with van der Waals surface area (Å²) in [4.78, 5) is 12.9. The van der Waals surface area contributed by atoms with Gasteiger partial charge in [-0.05, 0) is 60.7 Å². The van der Waals surface area contributed by atoms with E-state index in [1.807, 2.05) is 0 Å². The number of carbonyl (C=O) groups excluding carboxylic acids is 1. The van der Waals surface area contributed by atoms with Crippen LogP contribution in [0.5, 0.6) is 11.5 Å². The highest BCUT2D eigenvalue weighted by molar-refractivity contribution is 7.93. The summed E-state index contributed by atoms with van der Waals surface area (Å²) in [6, 6.07) is 22.1. The molecule has 4 aromatic rings. The molecular weight excluding hydrogens is 625 g/mol. The van der Waals surface area contributed by atoms with Gasteiger partial charge in [0.2, 0.25) is 5.91 Å². The van der Waals surface area contributed by atoms with Gasteiger partial charge >= 0.3 is 0 Å². The van der Waals surface area contributed by atoms with Crippen LogP contribution >= 0.6 is 23.2 Å². The predicted molar refractivity (Wildman–Crippen MR) is 163 cm³/mol. The third-order valence-corrected chi connectivity index (χ3v) is 9.89. The van der Waals surface area contributed by atoms with Gasteiger partial charge in [0.1, 0.15) is 6.54 Å². The Balaban J connectivity index is 1.55. The number of amides is 1. The Morgan fingerprint density at radius 1 is 0.786 bits per heavy atom. The van der Waals surface area contributed by atoms with Crippen LogP contribution in [0.3, 0.4) is 0 Å². The van der Waals surface area contributed by atoms with Gasteiger partial charge in [0.25, 0.3) is 20.0 Å². The van der Waals surface area contributed by atoms with Gasteiger partial charge in [-0.3, -0.25) is 13.8 Å². The first-order valence-electron chi connectivity index (χ1n) is 12.1.